The average Bonchev–Trinajstić information content (AvgIpc) is 2.38. The van der Waals surface area contributed by atoms with Gasteiger partial charge in [-0.25, -0.2) is 4.79 Å². The third kappa shape index (κ3) is 4.91. The van der Waals surface area contributed by atoms with Crippen LogP contribution in [0.25, 0.3) is 0 Å². The van der Waals surface area contributed by atoms with Gasteiger partial charge in [0, 0.05) is 11.0 Å². The van der Waals surface area contributed by atoms with Gasteiger partial charge in [-0.15, -0.1) is 0 Å². The molecule has 4 heteroatoms. The molecule has 20 heavy (non-hydrogen) atoms. The Morgan fingerprint density at radius 1 is 1.40 bits per heavy atom. The quantitative estimate of drug-likeness (QED) is 0.822. The molecular formula is C16H24BrNO2. The number of rotatable bonds is 5. The third-order valence-corrected chi connectivity index (χ3v) is 4.46. The van der Waals surface area contributed by atoms with Crippen molar-refractivity contribution in [2.45, 2.75) is 34.2 Å². The second kappa shape index (κ2) is 7.23. The standard InChI is InChI=1S/C16H24BrNO2/c1-11(16(2,3)4)9-18-10-13-7-6-12(8-14(13)17)15(19)20-5/h6-8,11,18H,9-10H2,1-5H3. The summed E-state index contributed by atoms with van der Waals surface area (Å²) in [4.78, 5) is 11.4. The fraction of sp³-hybridized carbons (Fsp3) is 0.562. The largest absolute Gasteiger partial charge is 0.465 e. The zero-order valence-electron chi connectivity index (χ0n) is 12.9. The van der Waals surface area contributed by atoms with Crippen molar-refractivity contribution in [3.05, 3.63) is 33.8 Å². The maximum absolute atomic E-state index is 11.4. The summed E-state index contributed by atoms with van der Waals surface area (Å²) in [5, 5.41) is 3.47. The molecule has 0 bridgehead atoms. The first-order valence-corrected chi connectivity index (χ1v) is 7.62. The normalized spacial score (nSPS) is 13.1. The Bertz CT molecular complexity index is 466. The molecule has 1 unspecified atom stereocenters. The van der Waals surface area contributed by atoms with Crippen molar-refractivity contribution >= 4 is 21.9 Å². The highest BCUT2D eigenvalue weighted by Crippen LogP contribution is 2.25. The molecule has 0 aromatic heterocycles. The van der Waals surface area contributed by atoms with Gasteiger partial charge in [0.05, 0.1) is 12.7 Å². The van der Waals surface area contributed by atoms with E-state index in [0.29, 0.717) is 16.9 Å². The molecule has 0 saturated heterocycles. The van der Waals surface area contributed by atoms with Crippen LogP contribution in [0.4, 0.5) is 0 Å². The van der Waals surface area contributed by atoms with Crippen LogP contribution in [0.2, 0.25) is 0 Å². The minimum atomic E-state index is -0.313. The Labute approximate surface area is 130 Å². The number of methoxy groups -OCH3 is 1. The number of ether oxygens (including phenoxy) is 1. The van der Waals surface area contributed by atoms with Crippen LogP contribution in [0.1, 0.15) is 43.6 Å². The number of hydrogen-bond acceptors (Lipinski definition) is 3. The van der Waals surface area contributed by atoms with Crippen LogP contribution < -0.4 is 5.32 Å². The van der Waals surface area contributed by atoms with E-state index in [9.17, 15) is 4.79 Å². The van der Waals surface area contributed by atoms with Gasteiger partial charge in [-0.2, -0.15) is 0 Å². The molecule has 0 amide bonds. The summed E-state index contributed by atoms with van der Waals surface area (Å²) in [7, 11) is 1.39. The number of nitrogens with one attached hydrogen (secondary N) is 1. The lowest BCUT2D eigenvalue weighted by atomic mass is 9.82. The van der Waals surface area contributed by atoms with Crippen molar-refractivity contribution in [1.82, 2.24) is 5.32 Å². The van der Waals surface area contributed by atoms with Gasteiger partial charge in [0.1, 0.15) is 0 Å². The molecule has 0 heterocycles. The summed E-state index contributed by atoms with van der Waals surface area (Å²) in [6.07, 6.45) is 0. The van der Waals surface area contributed by atoms with E-state index >= 15 is 0 Å². The van der Waals surface area contributed by atoms with Gasteiger partial charge in [-0.3, -0.25) is 0 Å². The average molecular weight is 342 g/mol. The zero-order valence-corrected chi connectivity index (χ0v) is 14.5. The molecule has 1 aromatic rings. The molecule has 0 spiro atoms. The molecule has 1 aromatic carbocycles. The first kappa shape index (κ1) is 17.2. The summed E-state index contributed by atoms with van der Waals surface area (Å²) >= 11 is 3.50. The maximum atomic E-state index is 11.4. The molecule has 1 N–H and O–H groups in total. The smallest absolute Gasteiger partial charge is 0.337 e. The summed E-state index contributed by atoms with van der Waals surface area (Å²) in [5.41, 5.74) is 2.00. The van der Waals surface area contributed by atoms with Crippen molar-refractivity contribution in [3.8, 4) is 0 Å². The van der Waals surface area contributed by atoms with Gasteiger partial charge in [0.2, 0.25) is 0 Å². The fourth-order valence-electron chi connectivity index (χ4n) is 1.67. The Morgan fingerprint density at radius 3 is 2.55 bits per heavy atom. The number of benzene rings is 1. The molecule has 0 aliphatic carbocycles. The molecule has 0 radical (unpaired) electrons. The fourth-order valence-corrected chi connectivity index (χ4v) is 2.18. The molecule has 0 saturated carbocycles. The van der Waals surface area contributed by atoms with E-state index in [4.69, 9.17) is 4.74 Å². The minimum Gasteiger partial charge on any atom is -0.465 e. The SMILES string of the molecule is COC(=O)c1ccc(CNCC(C)C(C)(C)C)c(Br)c1. The summed E-state index contributed by atoms with van der Waals surface area (Å²) in [6.45, 7) is 10.8. The summed E-state index contributed by atoms with van der Waals surface area (Å²) in [6, 6.07) is 5.54. The van der Waals surface area contributed by atoms with E-state index in [2.05, 4.69) is 48.9 Å². The lowest BCUT2D eigenvalue weighted by molar-refractivity contribution is 0.0600. The Hall–Kier alpha value is -0.870. The van der Waals surface area contributed by atoms with E-state index in [1.807, 2.05) is 6.07 Å². The summed E-state index contributed by atoms with van der Waals surface area (Å²) < 4.78 is 5.63. The van der Waals surface area contributed by atoms with Crippen LogP contribution in [-0.2, 0) is 11.3 Å². The molecule has 0 aliphatic heterocycles. The Kier molecular flexibility index (Phi) is 6.21. The van der Waals surface area contributed by atoms with Crippen LogP contribution in [0, 0.1) is 11.3 Å². The van der Waals surface area contributed by atoms with E-state index in [-0.39, 0.29) is 5.97 Å². The van der Waals surface area contributed by atoms with Crippen LogP contribution in [0.5, 0.6) is 0 Å². The molecule has 3 nitrogen and oxygen atoms in total. The molecule has 1 atom stereocenters. The summed E-state index contributed by atoms with van der Waals surface area (Å²) in [5.74, 6) is 0.280. The van der Waals surface area contributed by atoms with E-state index in [1.165, 1.54) is 7.11 Å². The van der Waals surface area contributed by atoms with Crippen molar-refractivity contribution in [2.24, 2.45) is 11.3 Å². The van der Waals surface area contributed by atoms with Gasteiger partial charge in [-0.1, -0.05) is 49.7 Å². The van der Waals surface area contributed by atoms with E-state index < -0.39 is 0 Å². The van der Waals surface area contributed by atoms with Gasteiger partial charge in [0.15, 0.2) is 0 Å². The Balaban J connectivity index is 2.59. The minimum absolute atomic E-state index is 0.305. The van der Waals surface area contributed by atoms with Crippen molar-refractivity contribution < 1.29 is 9.53 Å². The number of carbonyl (C=O) groups excluding carboxylic acids is 1. The number of carbonyl (C=O) groups is 1. The molecule has 1 rings (SSSR count). The van der Waals surface area contributed by atoms with Crippen molar-refractivity contribution in [1.29, 1.82) is 0 Å². The first-order chi connectivity index (χ1) is 9.25. The highest BCUT2D eigenvalue weighted by molar-refractivity contribution is 9.10. The second-order valence-electron chi connectivity index (χ2n) is 6.20. The highest BCUT2D eigenvalue weighted by atomic mass is 79.9. The van der Waals surface area contributed by atoms with Gasteiger partial charge >= 0.3 is 5.97 Å². The zero-order chi connectivity index (χ0) is 15.3. The van der Waals surface area contributed by atoms with Crippen LogP contribution in [0.3, 0.4) is 0 Å². The topological polar surface area (TPSA) is 38.3 Å². The second-order valence-corrected chi connectivity index (χ2v) is 7.05. The predicted molar refractivity (Wildman–Crippen MR) is 85.8 cm³/mol. The molecule has 112 valence electrons. The first-order valence-electron chi connectivity index (χ1n) is 6.83. The van der Waals surface area contributed by atoms with Crippen LogP contribution in [-0.4, -0.2) is 19.6 Å². The highest BCUT2D eigenvalue weighted by Gasteiger charge is 2.19. The number of hydrogen-bond donors (Lipinski definition) is 1. The lowest BCUT2D eigenvalue weighted by Crippen LogP contribution is -2.29. The molecule has 0 aliphatic rings. The van der Waals surface area contributed by atoms with Gasteiger partial charge < -0.3 is 10.1 Å². The Morgan fingerprint density at radius 2 is 2.05 bits per heavy atom. The number of esters is 1. The van der Waals surface area contributed by atoms with E-state index in [0.717, 1.165) is 23.1 Å². The monoisotopic (exact) mass is 341 g/mol. The van der Waals surface area contributed by atoms with Crippen LogP contribution >= 0.6 is 15.9 Å². The van der Waals surface area contributed by atoms with E-state index in [1.54, 1.807) is 12.1 Å². The number of halogens is 1. The van der Waals surface area contributed by atoms with Crippen molar-refractivity contribution in [2.75, 3.05) is 13.7 Å². The molecular weight excluding hydrogens is 318 g/mol. The van der Waals surface area contributed by atoms with Gasteiger partial charge in [-0.05, 0) is 35.6 Å². The third-order valence-electron chi connectivity index (χ3n) is 3.72. The van der Waals surface area contributed by atoms with Crippen LogP contribution in [0.15, 0.2) is 22.7 Å². The predicted octanol–water partition coefficient (Wildman–Crippen LogP) is 4.01. The molecule has 0 fully saturated rings. The van der Waals surface area contributed by atoms with Gasteiger partial charge in [0.25, 0.3) is 0 Å². The maximum Gasteiger partial charge on any atom is 0.337 e. The van der Waals surface area contributed by atoms with Crippen molar-refractivity contribution in [3.63, 3.8) is 0 Å². The lowest BCUT2D eigenvalue weighted by Gasteiger charge is -2.27.